The van der Waals surface area contributed by atoms with Gasteiger partial charge in [0, 0.05) is 30.3 Å². The Kier molecular flexibility index (Phi) is 4.74. The van der Waals surface area contributed by atoms with Crippen molar-refractivity contribution in [3.8, 4) is 17.0 Å². The molecule has 0 aliphatic carbocycles. The van der Waals surface area contributed by atoms with Crippen molar-refractivity contribution in [3.05, 3.63) is 29.1 Å². The fraction of sp³-hybridized carbons (Fsp3) is 0.389. The van der Waals surface area contributed by atoms with E-state index in [1.54, 1.807) is 5.38 Å². The monoisotopic (exact) mass is 411 g/mol. The number of ether oxygens (including phenoxy) is 1. The van der Waals surface area contributed by atoms with Crippen LogP contribution < -0.4 is 10.1 Å². The third kappa shape index (κ3) is 3.96. The molecule has 2 aliphatic rings. The van der Waals surface area contributed by atoms with Crippen molar-refractivity contribution in [2.45, 2.75) is 19.0 Å². The Labute approximate surface area is 162 Å². The lowest BCUT2D eigenvalue weighted by molar-refractivity contribution is -0.157. The van der Waals surface area contributed by atoms with Crippen molar-refractivity contribution >= 4 is 28.3 Å². The molecule has 2 amide bonds. The van der Waals surface area contributed by atoms with E-state index >= 15 is 0 Å². The molecule has 1 atom stereocenters. The normalized spacial score (nSPS) is 18.9. The summed E-state index contributed by atoms with van der Waals surface area (Å²) < 4.78 is 43.0. The zero-order valence-electron chi connectivity index (χ0n) is 14.6. The number of carbonyl (C=O) groups is 2. The predicted molar refractivity (Wildman–Crippen MR) is 96.1 cm³/mol. The van der Waals surface area contributed by atoms with Gasteiger partial charge in [-0.1, -0.05) is 0 Å². The molecule has 1 fully saturated rings. The van der Waals surface area contributed by atoms with Crippen molar-refractivity contribution in [3.63, 3.8) is 0 Å². The Morgan fingerprint density at radius 1 is 1.39 bits per heavy atom. The van der Waals surface area contributed by atoms with Crippen LogP contribution in [0.5, 0.6) is 5.75 Å². The van der Waals surface area contributed by atoms with Crippen molar-refractivity contribution in [2.24, 2.45) is 5.92 Å². The van der Waals surface area contributed by atoms with Crippen molar-refractivity contribution in [1.82, 2.24) is 9.88 Å². The lowest BCUT2D eigenvalue weighted by Crippen LogP contribution is -2.36. The van der Waals surface area contributed by atoms with Crippen molar-refractivity contribution in [1.29, 1.82) is 0 Å². The Bertz CT molecular complexity index is 928. The molecular weight excluding hydrogens is 395 g/mol. The van der Waals surface area contributed by atoms with Crippen LogP contribution in [0.4, 0.5) is 18.3 Å². The number of fused-ring (bicyclic) bond motifs is 1. The number of thiazole rings is 1. The maximum Gasteiger partial charge on any atom is 0.406 e. The van der Waals surface area contributed by atoms with Gasteiger partial charge in [-0.05, 0) is 23.8 Å². The molecule has 3 heterocycles. The molecule has 0 saturated carbocycles. The van der Waals surface area contributed by atoms with E-state index in [1.165, 1.54) is 11.3 Å². The largest absolute Gasteiger partial charge is 0.493 e. The molecule has 1 aromatic heterocycles. The fourth-order valence-electron chi connectivity index (χ4n) is 3.33. The number of hydrogen-bond acceptors (Lipinski definition) is 5. The summed E-state index contributed by atoms with van der Waals surface area (Å²) in [6.45, 7) is -0.922. The highest BCUT2D eigenvalue weighted by Crippen LogP contribution is 2.32. The standard InChI is InChI=1S/C18H16F3N3O3S/c19-18(20,21)9-24-7-12(6-15(24)25)16(26)23-17-22-13(8-28-17)10-1-2-14-11(5-10)3-4-27-14/h1-2,5,8,12H,3-4,6-7,9H2,(H,22,23,26). The summed E-state index contributed by atoms with van der Waals surface area (Å²) in [5.41, 5.74) is 2.69. The molecule has 4 rings (SSSR count). The van der Waals surface area contributed by atoms with Crippen LogP contribution in [0, 0.1) is 5.92 Å². The van der Waals surface area contributed by atoms with E-state index in [-0.39, 0.29) is 13.0 Å². The summed E-state index contributed by atoms with van der Waals surface area (Å²) in [5.74, 6) is -1.12. The number of benzene rings is 1. The molecule has 0 bridgehead atoms. The third-order valence-electron chi connectivity index (χ3n) is 4.67. The molecule has 0 spiro atoms. The molecule has 1 saturated heterocycles. The lowest BCUT2D eigenvalue weighted by Gasteiger charge is -2.18. The first-order chi connectivity index (χ1) is 13.3. The Balaban J connectivity index is 1.40. The van der Waals surface area contributed by atoms with Gasteiger partial charge in [0.25, 0.3) is 0 Å². The van der Waals surface area contributed by atoms with Gasteiger partial charge in [-0.25, -0.2) is 4.98 Å². The number of nitrogens with zero attached hydrogens (tertiary/aromatic N) is 2. The second-order valence-electron chi connectivity index (χ2n) is 6.74. The molecule has 1 N–H and O–H groups in total. The number of rotatable bonds is 4. The number of carbonyl (C=O) groups excluding carboxylic acids is 2. The van der Waals surface area contributed by atoms with Crippen LogP contribution >= 0.6 is 11.3 Å². The molecule has 1 unspecified atom stereocenters. The Morgan fingerprint density at radius 3 is 3.00 bits per heavy atom. The molecule has 2 aliphatic heterocycles. The first-order valence-corrected chi connectivity index (χ1v) is 9.53. The van der Waals surface area contributed by atoms with E-state index in [2.05, 4.69) is 10.3 Å². The zero-order chi connectivity index (χ0) is 19.9. The van der Waals surface area contributed by atoms with Gasteiger partial charge in [0.05, 0.1) is 18.2 Å². The predicted octanol–water partition coefficient (Wildman–Crippen LogP) is 3.09. The number of nitrogens with one attached hydrogen (secondary N) is 1. The molecule has 1 aromatic carbocycles. The number of halogens is 3. The minimum atomic E-state index is -4.48. The summed E-state index contributed by atoms with van der Waals surface area (Å²) in [5, 5.41) is 4.75. The van der Waals surface area contributed by atoms with Crippen LogP contribution in [-0.2, 0) is 16.0 Å². The second kappa shape index (κ2) is 7.08. The third-order valence-corrected chi connectivity index (χ3v) is 5.43. The van der Waals surface area contributed by atoms with Gasteiger partial charge < -0.3 is 15.0 Å². The molecule has 0 radical (unpaired) electrons. The average molecular weight is 411 g/mol. The zero-order valence-corrected chi connectivity index (χ0v) is 15.4. The number of hydrogen-bond donors (Lipinski definition) is 1. The molecule has 6 nitrogen and oxygen atoms in total. The Morgan fingerprint density at radius 2 is 2.21 bits per heavy atom. The molecule has 2 aromatic rings. The van der Waals surface area contributed by atoms with Gasteiger partial charge in [0.15, 0.2) is 5.13 Å². The minimum Gasteiger partial charge on any atom is -0.493 e. The molecule has 28 heavy (non-hydrogen) atoms. The highest BCUT2D eigenvalue weighted by atomic mass is 32.1. The minimum absolute atomic E-state index is 0.231. The number of alkyl halides is 3. The van der Waals surface area contributed by atoms with Crippen LogP contribution in [-0.4, -0.2) is 47.6 Å². The van der Waals surface area contributed by atoms with Gasteiger partial charge >= 0.3 is 6.18 Å². The summed E-state index contributed by atoms with van der Waals surface area (Å²) in [7, 11) is 0. The summed E-state index contributed by atoms with van der Waals surface area (Å²) in [6.07, 6.45) is -3.88. The number of likely N-dealkylation sites (tertiary alicyclic amines) is 1. The van der Waals surface area contributed by atoms with Crippen molar-refractivity contribution in [2.75, 3.05) is 25.0 Å². The van der Waals surface area contributed by atoms with Crippen molar-refractivity contribution < 1.29 is 27.5 Å². The SMILES string of the molecule is O=C(Nc1nc(-c2ccc3c(c2)CCO3)cs1)C1CC(=O)N(CC(F)(F)F)C1. The number of amides is 2. The van der Waals surface area contributed by atoms with Gasteiger partial charge in [0.2, 0.25) is 11.8 Å². The maximum absolute atomic E-state index is 12.5. The average Bonchev–Trinajstić information content (AvgIpc) is 3.33. The first kappa shape index (κ1) is 18.7. The summed E-state index contributed by atoms with van der Waals surface area (Å²) >= 11 is 1.22. The smallest absolute Gasteiger partial charge is 0.406 e. The highest BCUT2D eigenvalue weighted by Gasteiger charge is 2.40. The number of anilines is 1. The van der Waals surface area contributed by atoms with E-state index in [0.717, 1.165) is 23.3 Å². The van der Waals surface area contributed by atoms with Crippen LogP contribution in [0.3, 0.4) is 0 Å². The van der Waals surface area contributed by atoms with Gasteiger partial charge in [-0.2, -0.15) is 13.2 Å². The Hall–Kier alpha value is -2.62. The van der Waals surface area contributed by atoms with E-state index < -0.39 is 30.5 Å². The van der Waals surface area contributed by atoms with Crippen LogP contribution in [0.15, 0.2) is 23.6 Å². The van der Waals surface area contributed by atoms with Gasteiger partial charge in [-0.3, -0.25) is 9.59 Å². The van der Waals surface area contributed by atoms with Crippen LogP contribution in [0.2, 0.25) is 0 Å². The van der Waals surface area contributed by atoms with Gasteiger partial charge in [-0.15, -0.1) is 11.3 Å². The molecule has 148 valence electrons. The summed E-state index contributed by atoms with van der Waals surface area (Å²) in [4.78, 5) is 29.1. The maximum atomic E-state index is 12.5. The van der Waals surface area contributed by atoms with Crippen LogP contribution in [0.1, 0.15) is 12.0 Å². The van der Waals surface area contributed by atoms with Crippen LogP contribution in [0.25, 0.3) is 11.3 Å². The second-order valence-corrected chi connectivity index (χ2v) is 7.60. The van der Waals surface area contributed by atoms with E-state index in [9.17, 15) is 22.8 Å². The van der Waals surface area contributed by atoms with Gasteiger partial charge in [0.1, 0.15) is 12.3 Å². The van der Waals surface area contributed by atoms with E-state index in [4.69, 9.17) is 4.74 Å². The lowest BCUT2D eigenvalue weighted by atomic mass is 10.1. The topological polar surface area (TPSA) is 71.5 Å². The first-order valence-electron chi connectivity index (χ1n) is 8.65. The fourth-order valence-corrected chi connectivity index (χ4v) is 4.06. The number of aromatic nitrogens is 1. The molecule has 10 heteroatoms. The quantitative estimate of drug-likeness (QED) is 0.839. The highest BCUT2D eigenvalue weighted by molar-refractivity contribution is 7.14. The van der Waals surface area contributed by atoms with E-state index in [0.29, 0.717) is 22.3 Å². The summed E-state index contributed by atoms with van der Waals surface area (Å²) in [6, 6.07) is 5.76. The molecular formula is C18H16F3N3O3S. The van der Waals surface area contributed by atoms with E-state index in [1.807, 2.05) is 18.2 Å².